The number of amides is 3. The Kier molecular flexibility index (Phi) is 9.25. The van der Waals surface area contributed by atoms with E-state index in [2.05, 4.69) is 15.3 Å². The van der Waals surface area contributed by atoms with Crippen LogP contribution in [0.5, 0.6) is 0 Å². The number of nitrogens with zero attached hydrogens (tertiary/aromatic N) is 6. The summed E-state index contributed by atoms with van der Waals surface area (Å²) in [5, 5.41) is 3.15. The van der Waals surface area contributed by atoms with Crippen molar-refractivity contribution < 1.29 is 22.8 Å². The minimum absolute atomic E-state index is 0.0196. The minimum atomic E-state index is -3.68. The maximum atomic E-state index is 13.3. The van der Waals surface area contributed by atoms with Gasteiger partial charge in [0.15, 0.2) is 0 Å². The van der Waals surface area contributed by atoms with Gasteiger partial charge >= 0.3 is 0 Å². The Bertz CT molecular complexity index is 1610. The van der Waals surface area contributed by atoms with E-state index < -0.39 is 10.0 Å². The monoisotopic (exact) mass is 619 g/mol. The first-order chi connectivity index (χ1) is 21.0. The number of hydrogen-bond donors (Lipinski definition) is 1. The molecule has 12 nitrogen and oxygen atoms in total. The van der Waals surface area contributed by atoms with Crippen LogP contribution in [0.15, 0.2) is 65.7 Å². The van der Waals surface area contributed by atoms with Crippen LogP contribution in [0, 0.1) is 5.92 Å². The van der Waals surface area contributed by atoms with Gasteiger partial charge in [0, 0.05) is 89.2 Å². The molecule has 0 spiro atoms. The zero-order valence-corrected chi connectivity index (χ0v) is 26.0. The van der Waals surface area contributed by atoms with Gasteiger partial charge in [-0.25, -0.2) is 18.4 Å². The normalized spacial score (nSPS) is 16.4. The third kappa shape index (κ3) is 6.89. The molecule has 3 heterocycles. The highest BCUT2D eigenvalue weighted by atomic mass is 32.2. The summed E-state index contributed by atoms with van der Waals surface area (Å²) in [5.74, 6) is 0.183. The molecule has 2 aliphatic rings. The molecular formula is C31H37N7O5S. The van der Waals surface area contributed by atoms with Crippen LogP contribution in [-0.2, 0) is 19.6 Å². The Balaban J connectivity index is 1.20. The second kappa shape index (κ2) is 13.1. The predicted octanol–water partition coefficient (Wildman–Crippen LogP) is 2.68. The fraction of sp³-hybridized carbons (Fsp3) is 0.387. The molecule has 13 heteroatoms. The van der Waals surface area contributed by atoms with Gasteiger partial charge in [-0.15, -0.1) is 0 Å². The van der Waals surface area contributed by atoms with Crippen molar-refractivity contribution in [1.29, 1.82) is 0 Å². The van der Waals surface area contributed by atoms with E-state index in [1.807, 2.05) is 0 Å². The van der Waals surface area contributed by atoms with Gasteiger partial charge in [-0.1, -0.05) is 12.1 Å². The van der Waals surface area contributed by atoms with E-state index in [0.717, 1.165) is 5.56 Å². The van der Waals surface area contributed by atoms with Crippen molar-refractivity contribution in [2.45, 2.75) is 24.7 Å². The zero-order chi connectivity index (χ0) is 31.4. The maximum absolute atomic E-state index is 13.3. The number of benzene rings is 2. The topological polar surface area (TPSA) is 136 Å². The Morgan fingerprint density at radius 3 is 2.05 bits per heavy atom. The summed E-state index contributed by atoms with van der Waals surface area (Å²) in [4.78, 5) is 50.8. The van der Waals surface area contributed by atoms with Gasteiger partial charge in [0.25, 0.3) is 5.91 Å². The van der Waals surface area contributed by atoms with Gasteiger partial charge in [-0.2, -0.15) is 4.31 Å². The molecule has 5 rings (SSSR count). The molecule has 0 bridgehead atoms. The smallest absolute Gasteiger partial charge is 0.253 e. The van der Waals surface area contributed by atoms with E-state index in [4.69, 9.17) is 0 Å². The van der Waals surface area contributed by atoms with Crippen molar-refractivity contribution in [2.24, 2.45) is 5.92 Å². The van der Waals surface area contributed by atoms with Crippen LogP contribution >= 0.6 is 0 Å². The Labute approximate surface area is 257 Å². The zero-order valence-electron chi connectivity index (χ0n) is 25.1. The van der Waals surface area contributed by atoms with E-state index in [9.17, 15) is 22.8 Å². The lowest BCUT2D eigenvalue weighted by molar-refractivity contribution is -0.134. The van der Waals surface area contributed by atoms with Crippen LogP contribution in [0.4, 0.5) is 11.6 Å². The number of nitrogens with one attached hydrogen (secondary N) is 1. The van der Waals surface area contributed by atoms with E-state index in [0.29, 0.717) is 75.0 Å². The van der Waals surface area contributed by atoms with Gasteiger partial charge in [0.1, 0.15) is 0 Å². The number of aromatic nitrogens is 2. The lowest BCUT2D eigenvalue weighted by atomic mass is 9.97. The standard InChI is InChI=1S/C31H37N7O5S/c1-22(39)36-18-20-37(21-19-36)30(41)24-4-8-26(9-5-24)33-31-32-15-12-28(34-31)23-6-10-27(11-7-23)44(42,43)38-16-13-25(14-17-38)29(40)35(2)3/h4-12,15,25H,13-14,16-21H2,1-3H3,(H,32,33,34). The summed E-state index contributed by atoms with van der Waals surface area (Å²) in [7, 11) is -0.249. The van der Waals surface area contributed by atoms with E-state index in [-0.39, 0.29) is 28.5 Å². The number of rotatable bonds is 7. The first kappa shape index (κ1) is 31.1. The quantitative estimate of drug-likeness (QED) is 0.427. The van der Waals surface area contributed by atoms with Crippen molar-refractivity contribution in [1.82, 2.24) is 29.0 Å². The predicted molar refractivity (Wildman–Crippen MR) is 166 cm³/mol. The fourth-order valence-electron chi connectivity index (χ4n) is 5.47. The highest BCUT2D eigenvalue weighted by Crippen LogP contribution is 2.27. The molecule has 0 radical (unpaired) electrons. The summed E-state index contributed by atoms with van der Waals surface area (Å²) in [6.45, 7) is 4.23. The van der Waals surface area contributed by atoms with Crippen molar-refractivity contribution in [2.75, 3.05) is 58.7 Å². The third-order valence-corrected chi connectivity index (χ3v) is 10.0. The van der Waals surface area contributed by atoms with E-state index >= 15 is 0 Å². The van der Waals surface area contributed by atoms with E-state index in [1.165, 1.54) is 11.2 Å². The molecule has 2 aromatic carbocycles. The maximum Gasteiger partial charge on any atom is 0.253 e. The molecule has 3 amide bonds. The molecule has 1 aromatic heterocycles. The lowest BCUT2D eigenvalue weighted by Crippen LogP contribution is -2.50. The van der Waals surface area contributed by atoms with Crippen LogP contribution in [0.25, 0.3) is 11.3 Å². The van der Waals surface area contributed by atoms with Gasteiger partial charge in [0.05, 0.1) is 10.6 Å². The molecule has 2 saturated heterocycles. The number of sulfonamides is 1. The highest BCUT2D eigenvalue weighted by Gasteiger charge is 2.32. The number of hydrogen-bond acceptors (Lipinski definition) is 8. The van der Waals surface area contributed by atoms with Crippen LogP contribution in [0.3, 0.4) is 0 Å². The number of carbonyl (C=O) groups is 3. The summed E-state index contributed by atoms with van der Waals surface area (Å²) < 4.78 is 28.0. The lowest BCUT2D eigenvalue weighted by Gasteiger charge is -2.34. The third-order valence-electron chi connectivity index (χ3n) is 8.09. The molecule has 0 aliphatic carbocycles. The first-order valence-electron chi connectivity index (χ1n) is 14.6. The number of piperidine rings is 1. The largest absolute Gasteiger partial charge is 0.349 e. The highest BCUT2D eigenvalue weighted by molar-refractivity contribution is 7.89. The summed E-state index contributed by atoms with van der Waals surface area (Å²) in [6.07, 6.45) is 2.63. The molecule has 2 aliphatic heterocycles. The molecule has 1 N–H and O–H groups in total. The SMILES string of the molecule is CC(=O)N1CCN(C(=O)c2ccc(Nc3nccc(-c4ccc(S(=O)(=O)N5CCC(C(=O)N(C)C)CC5)cc4)n3)cc2)CC1. The molecule has 0 saturated carbocycles. The molecule has 232 valence electrons. The molecule has 0 atom stereocenters. The van der Waals surface area contributed by atoms with E-state index in [1.54, 1.807) is 89.6 Å². The Morgan fingerprint density at radius 2 is 1.45 bits per heavy atom. The van der Waals surface area contributed by atoms with Gasteiger partial charge in [-0.3, -0.25) is 14.4 Å². The number of carbonyl (C=O) groups excluding carboxylic acids is 3. The molecular weight excluding hydrogens is 582 g/mol. The summed E-state index contributed by atoms with van der Waals surface area (Å²) >= 11 is 0. The number of piperazine rings is 1. The Hall–Kier alpha value is -4.36. The van der Waals surface area contributed by atoms with Crippen molar-refractivity contribution in [3.63, 3.8) is 0 Å². The van der Waals surface area contributed by atoms with Crippen molar-refractivity contribution >= 4 is 39.4 Å². The van der Waals surface area contributed by atoms with Crippen molar-refractivity contribution in [3.05, 3.63) is 66.4 Å². The second-order valence-corrected chi connectivity index (χ2v) is 13.1. The van der Waals surface area contributed by atoms with Crippen LogP contribution < -0.4 is 5.32 Å². The average Bonchev–Trinajstić information content (AvgIpc) is 3.04. The van der Waals surface area contributed by atoms with Gasteiger partial charge in [0.2, 0.25) is 27.8 Å². The average molecular weight is 620 g/mol. The van der Waals surface area contributed by atoms with Gasteiger partial charge < -0.3 is 20.0 Å². The van der Waals surface area contributed by atoms with Crippen LogP contribution in [-0.4, -0.2) is 108 Å². The fourth-order valence-corrected chi connectivity index (χ4v) is 6.94. The minimum Gasteiger partial charge on any atom is -0.349 e. The number of anilines is 2. The van der Waals surface area contributed by atoms with Crippen LogP contribution in [0.1, 0.15) is 30.1 Å². The first-order valence-corrected chi connectivity index (χ1v) is 16.0. The molecule has 0 unspecified atom stereocenters. The molecule has 2 fully saturated rings. The van der Waals surface area contributed by atoms with Crippen LogP contribution in [0.2, 0.25) is 0 Å². The van der Waals surface area contributed by atoms with Crippen molar-refractivity contribution in [3.8, 4) is 11.3 Å². The van der Waals surface area contributed by atoms with Gasteiger partial charge in [-0.05, 0) is 55.3 Å². The Morgan fingerprint density at radius 1 is 0.841 bits per heavy atom. The molecule has 3 aromatic rings. The second-order valence-electron chi connectivity index (χ2n) is 11.2. The molecule has 44 heavy (non-hydrogen) atoms. The summed E-state index contributed by atoms with van der Waals surface area (Å²) in [6, 6.07) is 15.4. The summed E-state index contributed by atoms with van der Waals surface area (Å²) in [5.41, 5.74) is 2.61.